The van der Waals surface area contributed by atoms with Crippen LogP contribution < -0.4 is 9.46 Å². The van der Waals surface area contributed by atoms with E-state index in [0.29, 0.717) is 5.75 Å². The highest BCUT2D eigenvalue weighted by Gasteiger charge is 2.15. The molecule has 8 nitrogen and oxygen atoms in total. The van der Waals surface area contributed by atoms with Crippen molar-refractivity contribution in [3.05, 3.63) is 24.3 Å². The van der Waals surface area contributed by atoms with Crippen molar-refractivity contribution in [1.82, 2.24) is 0 Å². The van der Waals surface area contributed by atoms with E-state index in [2.05, 4.69) is 9.46 Å². The number of rotatable bonds is 7. The zero-order valence-electron chi connectivity index (χ0n) is 10.5. The topological polar surface area (TPSA) is 119 Å². The van der Waals surface area contributed by atoms with Crippen molar-refractivity contribution in [2.75, 3.05) is 24.2 Å². The number of esters is 1. The quantitative estimate of drug-likeness (QED) is 0.684. The minimum Gasteiger partial charge on any atom is -0.482 e. The first-order valence-corrected chi connectivity index (χ1v) is 6.99. The van der Waals surface area contributed by atoms with E-state index < -0.39 is 27.7 Å². The van der Waals surface area contributed by atoms with Crippen LogP contribution in [0.3, 0.4) is 0 Å². The Morgan fingerprint density at radius 3 is 2.35 bits per heavy atom. The van der Waals surface area contributed by atoms with Crippen molar-refractivity contribution in [2.45, 2.75) is 0 Å². The van der Waals surface area contributed by atoms with Gasteiger partial charge in [-0.15, -0.1) is 0 Å². The van der Waals surface area contributed by atoms with Crippen LogP contribution in [0.5, 0.6) is 5.75 Å². The van der Waals surface area contributed by atoms with Crippen LogP contribution in [-0.2, 0) is 24.3 Å². The number of carboxylic acid groups (broad SMARTS) is 1. The second kappa shape index (κ2) is 6.75. The van der Waals surface area contributed by atoms with E-state index in [9.17, 15) is 18.0 Å². The molecule has 0 aliphatic heterocycles. The van der Waals surface area contributed by atoms with Gasteiger partial charge < -0.3 is 14.6 Å². The third kappa shape index (κ3) is 5.57. The van der Waals surface area contributed by atoms with Gasteiger partial charge in [0.25, 0.3) is 0 Å². The number of carbonyl (C=O) groups is 2. The standard InChI is InChI=1S/C11H13NO7S/c1-18-11(15)6-19-9-4-2-8(3-5-9)12-20(16,17)7-10(13)14/h2-5,12H,6-7H2,1H3,(H,13,14). The van der Waals surface area contributed by atoms with Crippen molar-refractivity contribution in [3.8, 4) is 5.75 Å². The van der Waals surface area contributed by atoms with Gasteiger partial charge in [-0.1, -0.05) is 0 Å². The smallest absolute Gasteiger partial charge is 0.343 e. The largest absolute Gasteiger partial charge is 0.482 e. The predicted octanol–water partition coefficient (Wildman–Crippen LogP) is 0.0647. The number of methoxy groups -OCH3 is 1. The van der Waals surface area contributed by atoms with Crippen molar-refractivity contribution in [3.63, 3.8) is 0 Å². The fourth-order valence-electron chi connectivity index (χ4n) is 1.20. The zero-order valence-corrected chi connectivity index (χ0v) is 11.3. The number of anilines is 1. The Hall–Kier alpha value is -2.29. The molecule has 9 heteroatoms. The van der Waals surface area contributed by atoms with E-state index in [1.807, 2.05) is 0 Å². The lowest BCUT2D eigenvalue weighted by molar-refractivity contribution is -0.143. The normalized spacial score (nSPS) is 10.7. The number of carboxylic acids is 1. The Kier molecular flexibility index (Phi) is 5.32. The predicted molar refractivity (Wildman–Crippen MR) is 69.0 cm³/mol. The summed E-state index contributed by atoms with van der Waals surface area (Å²) >= 11 is 0. The number of ether oxygens (including phenoxy) is 2. The molecule has 0 bridgehead atoms. The van der Waals surface area contributed by atoms with E-state index >= 15 is 0 Å². The first-order chi connectivity index (χ1) is 9.32. The maximum Gasteiger partial charge on any atom is 0.343 e. The lowest BCUT2D eigenvalue weighted by Gasteiger charge is -2.08. The van der Waals surface area contributed by atoms with Crippen LogP contribution in [0.4, 0.5) is 5.69 Å². The molecule has 0 spiro atoms. The van der Waals surface area contributed by atoms with Gasteiger partial charge in [0.2, 0.25) is 10.0 Å². The Balaban J connectivity index is 2.63. The molecule has 0 saturated carbocycles. The van der Waals surface area contributed by atoms with Crippen LogP contribution in [-0.4, -0.2) is 44.9 Å². The van der Waals surface area contributed by atoms with Gasteiger partial charge in [-0.25, -0.2) is 13.2 Å². The van der Waals surface area contributed by atoms with Crippen LogP contribution in [0.15, 0.2) is 24.3 Å². The molecule has 0 atom stereocenters. The molecule has 110 valence electrons. The van der Waals surface area contributed by atoms with Crippen molar-refractivity contribution >= 4 is 27.6 Å². The minimum atomic E-state index is -3.94. The van der Waals surface area contributed by atoms with Gasteiger partial charge >= 0.3 is 11.9 Å². The molecule has 0 amide bonds. The Labute approximate surface area is 115 Å². The first-order valence-electron chi connectivity index (χ1n) is 5.34. The maximum absolute atomic E-state index is 11.4. The van der Waals surface area contributed by atoms with Crippen LogP contribution in [0.1, 0.15) is 0 Å². The van der Waals surface area contributed by atoms with Crippen molar-refractivity contribution in [2.24, 2.45) is 0 Å². The van der Waals surface area contributed by atoms with Gasteiger partial charge in [0.15, 0.2) is 12.4 Å². The molecule has 1 rings (SSSR count). The molecule has 0 fully saturated rings. The molecule has 0 radical (unpaired) electrons. The molecule has 2 N–H and O–H groups in total. The number of hydrogen-bond acceptors (Lipinski definition) is 6. The Morgan fingerprint density at radius 2 is 1.85 bits per heavy atom. The number of hydrogen-bond donors (Lipinski definition) is 2. The first kappa shape index (κ1) is 15.8. The highest BCUT2D eigenvalue weighted by Crippen LogP contribution is 2.16. The molecule has 0 aliphatic carbocycles. The maximum atomic E-state index is 11.4. The Morgan fingerprint density at radius 1 is 1.25 bits per heavy atom. The van der Waals surface area contributed by atoms with Gasteiger partial charge in [-0.2, -0.15) is 0 Å². The highest BCUT2D eigenvalue weighted by molar-refractivity contribution is 7.93. The fraction of sp³-hybridized carbons (Fsp3) is 0.273. The molecular weight excluding hydrogens is 290 g/mol. The number of aliphatic carboxylic acids is 1. The molecule has 0 aliphatic rings. The second-order valence-electron chi connectivity index (χ2n) is 3.64. The number of carbonyl (C=O) groups excluding carboxylic acids is 1. The summed E-state index contributed by atoms with van der Waals surface area (Å²) in [6.07, 6.45) is 0. The molecule has 1 aromatic rings. The number of sulfonamides is 1. The summed E-state index contributed by atoms with van der Waals surface area (Å²) in [5.74, 6) is -2.67. The van der Waals surface area contributed by atoms with E-state index in [1.54, 1.807) is 0 Å². The highest BCUT2D eigenvalue weighted by atomic mass is 32.2. The summed E-state index contributed by atoms with van der Waals surface area (Å²) in [5, 5.41) is 8.43. The van der Waals surface area contributed by atoms with Crippen LogP contribution in [0.2, 0.25) is 0 Å². The lowest BCUT2D eigenvalue weighted by Crippen LogP contribution is -2.22. The monoisotopic (exact) mass is 303 g/mol. The minimum absolute atomic E-state index is 0.191. The summed E-state index contributed by atoms with van der Waals surface area (Å²) in [5.41, 5.74) is 0.191. The molecular formula is C11H13NO7S. The van der Waals surface area contributed by atoms with E-state index in [1.165, 1.54) is 31.4 Å². The van der Waals surface area contributed by atoms with E-state index in [-0.39, 0.29) is 12.3 Å². The molecule has 0 aromatic heterocycles. The zero-order chi connectivity index (χ0) is 15.2. The van der Waals surface area contributed by atoms with Crippen molar-refractivity contribution in [1.29, 1.82) is 0 Å². The van der Waals surface area contributed by atoms with E-state index in [4.69, 9.17) is 9.84 Å². The SMILES string of the molecule is COC(=O)COc1ccc(NS(=O)(=O)CC(=O)O)cc1. The van der Waals surface area contributed by atoms with Crippen LogP contribution >= 0.6 is 0 Å². The fourth-order valence-corrected chi connectivity index (χ4v) is 2.09. The summed E-state index contributed by atoms with van der Waals surface area (Å²) < 4.78 is 34.3. The van der Waals surface area contributed by atoms with Gasteiger partial charge in [-0.05, 0) is 24.3 Å². The number of nitrogens with one attached hydrogen (secondary N) is 1. The van der Waals surface area contributed by atoms with Crippen LogP contribution in [0.25, 0.3) is 0 Å². The molecule has 0 heterocycles. The van der Waals surface area contributed by atoms with Crippen LogP contribution in [0, 0.1) is 0 Å². The van der Waals surface area contributed by atoms with Gasteiger partial charge in [0.05, 0.1) is 7.11 Å². The third-order valence-electron chi connectivity index (χ3n) is 2.03. The Bertz CT molecular complexity index is 579. The summed E-state index contributed by atoms with van der Waals surface area (Å²) in [6.45, 7) is -0.263. The molecule has 0 saturated heterocycles. The van der Waals surface area contributed by atoms with E-state index in [0.717, 1.165) is 0 Å². The molecule has 1 aromatic carbocycles. The third-order valence-corrected chi connectivity index (χ3v) is 3.20. The molecule has 0 unspecified atom stereocenters. The molecule has 20 heavy (non-hydrogen) atoms. The lowest BCUT2D eigenvalue weighted by atomic mass is 10.3. The summed E-state index contributed by atoms with van der Waals surface area (Å²) in [6, 6.07) is 5.63. The summed E-state index contributed by atoms with van der Waals surface area (Å²) in [4.78, 5) is 21.2. The average Bonchev–Trinajstić information content (AvgIpc) is 2.35. The van der Waals surface area contributed by atoms with Gasteiger partial charge in [0.1, 0.15) is 5.75 Å². The number of benzene rings is 1. The summed E-state index contributed by atoms with van der Waals surface area (Å²) in [7, 11) is -2.71. The van der Waals surface area contributed by atoms with Gasteiger partial charge in [0, 0.05) is 5.69 Å². The second-order valence-corrected chi connectivity index (χ2v) is 5.37. The van der Waals surface area contributed by atoms with Crippen molar-refractivity contribution < 1.29 is 32.6 Å². The average molecular weight is 303 g/mol. The van der Waals surface area contributed by atoms with Gasteiger partial charge in [-0.3, -0.25) is 9.52 Å².